The SMILES string of the molecule is O=C(NC1CCCc2cc(F)ccc21)N1CCC(CO)C1. The van der Waals surface area contributed by atoms with Crippen LogP contribution in [0, 0.1) is 11.7 Å². The minimum absolute atomic E-state index is 0.0324. The quantitative estimate of drug-likeness (QED) is 0.878. The maximum absolute atomic E-state index is 13.3. The Bertz CT molecular complexity index is 535. The second-order valence-electron chi connectivity index (χ2n) is 6.02. The number of benzene rings is 1. The summed E-state index contributed by atoms with van der Waals surface area (Å²) >= 11 is 0. The standard InChI is InChI=1S/C16H21FN2O2/c17-13-4-5-14-12(8-13)2-1-3-15(14)18-16(21)19-7-6-11(9-19)10-20/h4-5,8,11,15,20H,1-3,6-7,9-10H2,(H,18,21). The van der Waals surface area contributed by atoms with Crippen LogP contribution in [0.4, 0.5) is 9.18 Å². The van der Waals surface area contributed by atoms with Crippen molar-refractivity contribution in [3.05, 3.63) is 35.1 Å². The van der Waals surface area contributed by atoms with Crippen molar-refractivity contribution in [3.63, 3.8) is 0 Å². The van der Waals surface area contributed by atoms with E-state index in [1.54, 1.807) is 17.0 Å². The Labute approximate surface area is 124 Å². The Balaban J connectivity index is 1.68. The van der Waals surface area contributed by atoms with Crippen molar-refractivity contribution < 1.29 is 14.3 Å². The number of aliphatic hydroxyl groups excluding tert-OH is 1. The number of nitrogens with one attached hydrogen (secondary N) is 1. The maximum Gasteiger partial charge on any atom is 0.317 e. The highest BCUT2D eigenvalue weighted by atomic mass is 19.1. The van der Waals surface area contributed by atoms with E-state index in [1.807, 2.05) is 0 Å². The zero-order chi connectivity index (χ0) is 14.8. The van der Waals surface area contributed by atoms with Crippen LogP contribution >= 0.6 is 0 Å². The number of hydrogen-bond donors (Lipinski definition) is 2. The number of urea groups is 1. The molecule has 1 heterocycles. The summed E-state index contributed by atoms with van der Waals surface area (Å²) in [6, 6.07) is 4.71. The van der Waals surface area contributed by atoms with Crippen LogP contribution in [0.2, 0.25) is 0 Å². The molecule has 1 aliphatic carbocycles. The molecular formula is C16H21FN2O2. The molecular weight excluding hydrogens is 271 g/mol. The minimum atomic E-state index is -0.217. The van der Waals surface area contributed by atoms with Crippen LogP contribution in [-0.4, -0.2) is 35.7 Å². The summed E-state index contributed by atoms with van der Waals surface area (Å²) < 4.78 is 13.3. The number of aliphatic hydroxyl groups is 1. The number of carbonyl (C=O) groups is 1. The van der Waals surface area contributed by atoms with Crippen LogP contribution in [0.25, 0.3) is 0 Å². The molecule has 2 aliphatic rings. The van der Waals surface area contributed by atoms with Crippen LogP contribution in [0.3, 0.4) is 0 Å². The molecule has 4 nitrogen and oxygen atoms in total. The van der Waals surface area contributed by atoms with Gasteiger partial charge < -0.3 is 15.3 Å². The molecule has 2 atom stereocenters. The Morgan fingerprint density at radius 3 is 3.05 bits per heavy atom. The fourth-order valence-electron chi connectivity index (χ4n) is 3.34. The summed E-state index contributed by atoms with van der Waals surface area (Å²) in [4.78, 5) is 14.1. The van der Waals surface area contributed by atoms with Crippen LogP contribution in [0.5, 0.6) is 0 Å². The Kier molecular flexibility index (Phi) is 4.10. The van der Waals surface area contributed by atoms with Crippen LogP contribution < -0.4 is 5.32 Å². The second kappa shape index (κ2) is 6.02. The smallest absolute Gasteiger partial charge is 0.317 e. The zero-order valence-corrected chi connectivity index (χ0v) is 12.0. The Hall–Kier alpha value is -1.62. The molecule has 114 valence electrons. The molecule has 1 aromatic carbocycles. The van der Waals surface area contributed by atoms with Gasteiger partial charge in [-0.2, -0.15) is 0 Å². The van der Waals surface area contributed by atoms with Gasteiger partial charge in [0.1, 0.15) is 5.82 Å². The van der Waals surface area contributed by atoms with Gasteiger partial charge in [0.05, 0.1) is 6.04 Å². The highest BCUT2D eigenvalue weighted by Gasteiger charge is 2.28. The first-order chi connectivity index (χ1) is 10.2. The molecule has 1 saturated heterocycles. The molecule has 1 fully saturated rings. The molecule has 5 heteroatoms. The van der Waals surface area contributed by atoms with Crippen molar-refractivity contribution in [1.29, 1.82) is 0 Å². The number of amides is 2. The van der Waals surface area contributed by atoms with Crippen LogP contribution in [-0.2, 0) is 6.42 Å². The van der Waals surface area contributed by atoms with Gasteiger partial charge in [0.2, 0.25) is 0 Å². The molecule has 1 aliphatic heterocycles. The zero-order valence-electron chi connectivity index (χ0n) is 12.0. The lowest BCUT2D eigenvalue weighted by Gasteiger charge is -2.28. The first kappa shape index (κ1) is 14.3. The monoisotopic (exact) mass is 292 g/mol. The van der Waals surface area contributed by atoms with Crippen molar-refractivity contribution in [1.82, 2.24) is 10.2 Å². The number of fused-ring (bicyclic) bond motifs is 1. The van der Waals surface area contributed by atoms with E-state index in [-0.39, 0.29) is 30.4 Å². The van der Waals surface area contributed by atoms with Gasteiger partial charge in [-0.1, -0.05) is 6.07 Å². The number of aryl methyl sites for hydroxylation is 1. The predicted octanol–water partition coefficient (Wildman–Crippen LogP) is 2.23. The third kappa shape index (κ3) is 3.02. The van der Waals surface area contributed by atoms with E-state index >= 15 is 0 Å². The van der Waals surface area contributed by atoms with Crippen LogP contribution in [0.15, 0.2) is 18.2 Å². The van der Waals surface area contributed by atoms with Crippen LogP contribution in [0.1, 0.15) is 36.4 Å². The van der Waals surface area contributed by atoms with Crippen molar-refractivity contribution >= 4 is 6.03 Å². The molecule has 0 bridgehead atoms. The summed E-state index contributed by atoms with van der Waals surface area (Å²) in [6.07, 6.45) is 3.58. The average molecular weight is 292 g/mol. The number of halogens is 1. The van der Waals surface area contributed by atoms with Gasteiger partial charge in [-0.05, 0) is 48.9 Å². The summed E-state index contributed by atoms with van der Waals surface area (Å²) in [5.41, 5.74) is 2.04. The molecule has 1 aromatic rings. The molecule has 0 radical (unpaired) electrons. The van der Waals surface area contributed by atoms with Crippen molar-refractivity contribution in [2.24, 2.45) is 5.92 Å². The molecule has 3 rings (SSSR count). The highest BCUT2D eigenvalue weighted by Crippen LogP contribution is 2.30. The van der Waals surface area contributed by atoms with Gasteiger partial charge >= 0.3 is 6.03 Å². The third-order valence-corrected chi connectivity index (χ3v) is 4.55. The van der Waals surface area contributed by atoms with Crippen molar-refractivity contribution in [2.45, 2.75) is 31.7 Å². The first-order valence-corrected chi connectivity index (χ1v) is 7.62. The largest absolute Gasteiger partial charge is 0.396 e. The van der Waals surface area contributed by atoms with E-state index in [2.05, 4.69) is 5.32 Å². The molecule has 21 heavy (non-hydrogen) atoms. The maximum atomic E-state index is 13.3. The Morgan fingerprint density at radius 2 is 2.29 bits per heavy atom. The van der Waals surface area contributed by atoms with E-state index in [0.717, 1.165) is 36.8 Å². The second-order valence-corrected chi connectivity index (χ2v) is 6.02. The normalized spacial score (nSPS) is 24.8. The lowest BCUT2D eigenvalue weighted by atomic mass is 9.87. The highest BCUT2D eigenvalue weighted by molar-refractivity contribution is 5.75. The van der Waals surface area contributed by atoms with Crippen molar-refractivity contribution in [2.75, 3.05) is 19.7 Å². The van der Waals surface area contributed by atoms with E-state index in [0.29, 0.717) is 13.1 Å². The first-order valence-electron chi connectivity index (χ1n) is 7.62. The topological polar surface area (TPSA) is 52.6 Å². The number of hydrogen-bond acceptors (Lipinski definition) is 2. The molecule has 2 amide bonds. The van der Waals surface area contributed by atoms with E-state index in [9.17, 15) is 9.18 Å². The fourth-order valence-corrected chi connectivity index (χ4v) is 3.34. The summed E-state index contributed by atoms with van der Waals surface area (Å²) in [7, 11) is 0. The molecule has 2 unspecified atom stereocenters. The summed E-state index contributed by atoms with van der Waals surface area (Å²) in [5.74, 6) is -0.0189. The van der Waals surface area contributed by atoms with Gasteiger partial charge in [-0.25, -0.2) is 9.18 Å². The number of carbonyl (C=O) groups excluding carboxylic acids is 1. The fraction of sp³-hybridized carbons (Fsp3) is 0.562. The van der Waals surface area contributed by atoms with Gasteiger partial charge in [-0.3, -0.25) is 0 Å². The average Bonchev–Trinajstić information content (AvgIpc) is 2.96. The molecule has 0 saturated carbocycles. The predicted molar refractivity (Wildman–Crippen MR) is 77.4 cm³/mol. The minimum Gasteiger partial charge on any atom is -0.396 e. The summed E-state index contributed by atoms with van der Waals surface area (Å²) in [6.45, 7) is 1.45. The number of rotatable bonds is 2. The lowest BCUT2D eigenvalue weighted by Crippen LogP contribution is -2.41. The summed E-state index contributed by atoms with van der Waals surface area (Å²) in [5, 5.41) is 12.2. The van der Waals surface area contributed by atoms with Gasteiger partial charge in [0, 0.05) is 25.6 Å². The number of likely N-dealkylation sites (tertiary alicyclic amines) is 1. The van der Waals surface area contributed by atoms with Gasteiger partial charge in [0.15, 0.2) is 0 Å². The van der Waals surface area contributed by atoms with E-state index < -0.39 is 0 Å². The molecule has 0 spiro atoms. The lowest BCUT2D eigenvalue weighted by molar-refractivity contribution is 0.194. The Morgan fingerprint density at radius 1 is 1.43 bits per heavy atom. The van der Waals surface area contributed by atoms with Gasteiger partial charge in [-0.15, -0.1) is 0 Å². The van der Waals surface area contributed by atoms with Gasteiger partial charge in [0.25, 0.3) is 0 Å². The molecule has 2 N–H and O–H groups in total. The third-order valence-electron chi connectivity index (χ3n) is 4.55. The van der Waals surface area contributed by atoms with E-state index in [4.69, 9.17) is 5.11 Å². The van der Waals surface area contributed by atoms with E-state index in [1.165, 1.54) is 6.07 Å². The number of nitrogens with zero attached hydrogens (tertiary/aromatic N) is 1. The van der Waals surface area contributed by atoms with Crippen molar-refractivity contribution in [3.8, 4) is 0 Å². The molecule has 0 aromatic heterocycles.